The van der Waals surface area contributed by atoms with Crippen molar-refractivity contribution >= 4 is 11.9 Å². The van der Waals surface area contributed by atoms with Gasteiger partial charge in [0.15, 0.2) is 0 Å². The SMILES string of the molecule is Cc1ccccc1C(=O)OCCN1C(=O)CC[C@@H]1C=C[C@@H](O)CC(C)(C)C. The summed E-state index contributed by atoms with van der Waals surface area (Å²) < 4.78 is 5.35. The van der Waals surface area contributed by atoms with E-state index in [9.17, 15) is 14.7 Å². The summed E-state index contributed by atoms with van der Waals surface area (Å²) in [4.78, 5) is 26.1. The van der Waals surface area contributed by atoms with E-state index in [-0.39, 0.29) is 29.9 Å². The number of carbonyl (C=O) groups is 2. The van der Waals surface area contributed by atoms with E-state index in [1.165, 1.54) is 0 Å². The van der Waals surface area contributed by atoms with E-state index in [1.54, 1.807) is 23.1 Å². The van der Waals surface area contributed by atoms with Gasteiger partial charge in [0.2, 0.25) is 5.91 Å². The lowest BCUT2D eigenvalue weighted by atomic mass is 9.89. The summed E-state index contributed by atoms with van der Waals surface area (Å²) in [5.41, 5.74) is 1.46. The molecule has 1 aliphatic rings. The molecule has 5 heteroatoms. The Balaban J connectivity index is 1.87. The summed E-state index contributed by atoms with van der Waals surface area (Å²) in [5.74, 6) is -0.311. The molecule has 1 N–H and O–H groups in total. The molecule has 2 atom stereocenters. The van der Waals surface area contributed by atoms with Gasteiger partial charge in [-0.3, -0.25) is 4.79 Å². The summed E-state index contributed by atoms with van der Waals surface area (Å²) in [5, 5.41) is 10.1. The second-order valence-corrected chi connectivity index (χ2v) is 8.36. The van der Waals surface area contributed by atoms with Crippen molar-refractivity contribution in [3.8, 4) is 0 Å². The molecule has 1 heterocycles. The monoisotopic (exact) mass is 373 g/mol. The molecule has 27 heavy (non-hydrogen) atoms. The molecule has 1 aromatic rings. The number of hydrogen-bond donors (Lipinski definition) is 1. The van der Waals surface area contributed by atoms with Crippen molar-refractivity contribution < 1.29 is 19.4 Å². The van der Waals surface area contributed by atoms with Crippen LogP contribution in [0.2, 0.25) is 0 Å². The number of esters is 1. The first-order valence-electron chi connectivity index (χ1n) is 9.56. The third kappa shape index (κ3) is 6.51. The molecule has 1 amide bonds. The molecule has 0 aromatic heterocycles. The standard InChI is InChI=1S/C22H31NO4/c1-16-7-5-6-8-19(16)21(26)27-14-13-23-17(10-12-20(23)25)9-11-18(24)15-22(2,3)4/h5-9,11,17-18,24H,10,12-15H2,1-4H3/t17-,18+/m0/s1. The predicted octanol–water partition coefficient (Wildman–Crippen LogP) is 3.50. The Morgan fingerprint density at radius 2 is 2.07 bits per heavy atom. The minimum Gasteiger partial charge on any atom is -0.460 e. The Morgan fingerprint density at radius 3 is 2.74 bits per heavy atom. The summed E-state index contributed by atoms with van der Waals surface area (Å²) in [7, 11) is 0. The van der Waals surface area contributed by atoms with E-state index in [0.29, 0.717) is 24.9 Å². The molecule has 0 saturated carbocycles. The van der Waals surface area contributed by atoms with Crippen molar-refractivity contribution in [2.24, 2.45) is 5.41 Å². The van der Waals surface area contributed by atoms with Gasteiger partial charge in [0.05, 0.1) is 24.3 Å². The van der Waals surface area contributed by atoms with E-state index in [2.05, 4.69) is 20.8 Å². The quantitative estimate of drug-likeness (QED) is 0.587. The van der Waals surface area contributed by atoms with Crippen molar-refractivity contribution in [2.75, 3.05) is 13.2 Å². The molecular formula is C22H31NO4. The summed E-state index contributed by atoms with van der Waals surface area (Å²) >= 11 is 0. The van der Waals surface area contributed by atoms with Crippen LogP contribution in [-0.4, -0.2) is 47.2 Å². The molecule has 5 nitrogen and oxygen atoms in total. The van der Waals surface area contributed by atoms with Gasteiger partial charge in [0.25, 0.3) is 0 Å². The first-order valence-corrected chi connectivity index (χ1v) is 9.56. The Hall–Kier alpha value is -2.14. The third-order valence-corrected chi connectivity index (χ3v) is 4.68. The van der Waals surface area contributed by atoms with E-state index < -0.39 is 6.10 Å². The number of rotatable bonds is 7. The van der Waals surface area contributed by atoms with Crippen LogP contribution in [0.25, 0.3) is 0 Å². The molecule has 148 valence electrons. The van der Waals surface area contributed by atoms with Crippen LogP contribution < -0.4 is 0 Å². The second-order valence-electron chi connectivity index (χ2n) is 8.36. The predicted molar refractivity (Wildman–Crippen MR) is 105 cm³/mol. The number of aliphatic hydroxyl groups is 1. The fourth-order valence-electron chi connectivity index (χ4n) is 3.31. The maximum absolute atomic E-state index is 12.2. The fraction of sp³-hybridized carbons (Fsp3) is 0.545. The van der Waals surface area contributed by atoms with Gasteiger partial charge in [-0.25, -0.2) is 4.79 Å². The molecular weight excluding hydrogens is 342 g/mol. The van der Waals surface area contributed by atoms with Crippen LogP contribution in [0.5, 0.6) is 0 Å². The van der Waals surface area contributed by atoms with E-state index in [4.69, 9.17) is 4.74 Å². The molecule has 0 bridgehead atoms. The summed E-state index contributed by atoms with van der Waals surface area (Å²) in [6.07, 6.45) is 5.03. The zero-order valence-corrected chi connectivity index (χ0v) is 16.8. The smallest absolute Gasteiger partial charge is 0.338 e. The average molecular weight is 373 g/mol. The van der Waals surface area contributed by atoms with Crippen molar-refractivity contribution in [1.29, 1.82) is 0 Å². The van der Waals surface area contributed by atoms with Crippen LogP contribution in [0.4, 0.5) is 0 Å². The molecule has 0 unspecified atom stereocenters. The number of aryl methyl sites for hydroxylation is 1. The number of amides is 1. The van der Waals surface area contributed by atoms with Crippen LogP contribution in [0, 0.1) is 12.3 Å². The van der Waals surface area contributed by atoms with Crippen molar-refractivity contribution in [1.82, 2.24) is 4.90 Å². The minimum atomic E-state index is -0.526. The lowest BCUT2D eigenvalue weighted by Crippen LogP contribution is -2.35. The van der Waals surface area contributed by atoms with Gasteiger partial charge in [-0.05, 0) is 36.8 Å². The maximum Gasteiger partial charge on any atom is 0.338 e. The van der Waals surface area contributed by atoms with Crippen LogP contribution in [0.3, 0.4) is 0 Å². The van der Waals surface area contributed by atoms with Crippen molar-refractivity contribution in [2.45, 2.75) is 59.1 Å². The zero-order valence-electron chi connectivity index (χ0n) is 16.8. The number of aliphatic hydroxyl groups excluding tert-OH is 1. The number of ether oxygens (including phenoxy) is 1. The van der Waals surface area contributed by atoms with Gasteiger partial charge >= 0.3 is 5.97 Å². The number of hydrogen-bond acceptors (Lipinski definition) is 4. The van der Waals surface area contributed by atoms with Crippen molar-refractivity contribution in [3.63, 3.8) is 0 Å². The second kappa shape index (κ2) is 9.18. The van der Waals surface area contributed by atoms with Gasteiger partial charge < -0.3 is 14.7 Å². The normalized spacial score (nSPS) is 18.9. The topological polar surface area (TPSA) is 66.8 Å². The van der Waals surface area contributed by atoms with Crippen LogP contribution >= 0.6 is 0 Å². The lowest BCUT2D eigenvalue weighted by molar-refractivity contribution is -0.129. The van der Waals surface area contributed by atoms with Gasteiger partial charge in [-0.2, -0.15) is 0 Å². The molecule has 1 aromatic carbocycles. The Labute approximate surface area is 162 Å². The Bertz CT molecular complexity index is 690. The zero-order chi connectivity index (χ0) is 20.0. The fourth-order valence-corrected chi connectivity index (χ4v) is 3.31. The van der Waals surface area contributed by atoms with E-state index in [0.717, 1.165) is 12.0 Å². The van der Waals surface area contributed by atoms with Crippen molar-refractivity contribution in [3.05, 3.63) is 47.5 Å². The number of carbonyl (C=O) groups excluding carboxylic acids is 2. The Morgan fingerprint density at radius 1 is 1.37 bits per heavy atom. The third-order valence-electron chi connectivity index (χ3n) is 4.68. The maximum atomic E-state index is 12.2. The largest absolute Gasteiger partial charge is 0.460 e. The van der Waals surface area contributed by atoms with Crippen LogP contribution in [-0.2, 0) is 9.53 Å². The molecule has 2 rings (SSSR count). The van der Waals surface area contributed by atoms with Gasteiger partial charge in [-0.1, -0.05) is 51.1 Å². The highest BCUT2D eigenvalue weighted by atomic mass is 16.5. The van der Waals surface area contributed by atoms with Gasteiger partial charge in [-0.15, -0.1) is 0 Å². The number of likely N-dealkylation sites (tertiary alicyclic amines) is 1. The molecule has 1 fully saturated rings. The lowest BCUT2D eigenvalue weighted by Gasteiger charge is -2.23. The number of nitrogens with zero attached hydrogens (tertiary/aromatic N) is 1. The average Bonchev–Trinajstić information content (AvgIpc) is 2.92. The highest BCUT2D eigenvalue weighted by Crippen LogP contribution is 2.23. The first-order chi connectivity index (χ1) is 12.7. The van der Waals surface area contributed by atoms with E-state index in [1.807, 2.05) is 25.1 Å². The van der Waals surface area contributed by atoms with Crippen LogP contribution in [0.15, 0.2) is 36.4 Å². The van der Waals surface area contributed by atoms with Crippen LogP contribution in [0.1, 0.15) is 56.0 Å². The molecule has 0 radical (unpaired) electrons. The summed E-state index contributed by atoms with van der Waals surface area (Å²) in [6, 6.07) is 7.23. The first kappa shape index (κ1) is 21.2. The molecule has 1 aliphatic heterocycles. The Kier molecular flexibility index (Phi) is 7.19. The molecule has 0 spiro atoms. The minimum absolute atomic E-state index is 0.0404. The van der Waals surface area contributed by atoms with Gasteiger partial charge in [0.1, 0.15) is 6.61 Å². The highest BCUT2D eigenvalue weighted by Gasteiger charge is 2.29. The molecule has 0 aliphatic carbocycles. The summed E-state index contributed by atoms with van der Waals surface area (Å²) in [6.45, 7) is 8.63. The van der Waals surface area contributed by atoms with E-state index >= 15 is 0 Å². The molecule has 1 saturated heterocycles. The van der Waals surface area contributed by atoms with Gasteiger partial charge in [0, 0.05) is 6.42 Å². The highest BCUT2D eigenvalue weighted by molar-refractivity contribution is 5.91. The number of benzene rings is 1.